The molecule has 20 heavy (non-hydrogen) atoms. The van der Waals surface area contributed by atoms with Crippen LogP contribution in [-0.4, -0.2) is 25.2 Å². The Bertz CT molecular complexity index is 843. The van der Waals surface area contributed by atoms with Gasteiger partial charge in [-0.05, 0) is 6.42 Å². The summed E-state index contributed by atoms with van der Waals surface area (Å²) < 4.78 is 3.44. The molecule has 2 aromatic heterocycles. The van der Waals surface area contributed by atoms with Gasteiger partial charge in [-0.2, -0.15) is 0 Å². The van der Waals surface area contributed by atoms with Gasteiger partial charge in [0.1, 0.15) is 0 Å². The van der Waals surface area contributed by atoms with Crippen molar-refractivity contribution in [2.45, 2.75) is 13.3 Å². The molecule has 1 N–H and O–H groups in total. The van der Waals surface area contributed by atoms with E-state index < -0.39 is 11.2 Å². The van der Waals surface area contributed by atoms with E-state index in [1.54, 1.807) is 0 Å². The predicted molar refractivity (Wildman–Crippen MR) is 76.2 cm³/mol. The molecule has 108 valence electrons. The Morgan fingerprint density at radius 1 is 1.00 bits per heavy atom. The Hall–Kier alpha value is -2.38. The Morgan fingerprint density at radius 2 is 1.65 bits per heavy atom. The van der Waals surface area contributed by atoms with Crippen molar-refractivity contribution in [3.63, 3.8) is 0 Å². The summed E-state index contributed by atoms with van der Waals surface area (Å²) in [6.07, 6.45) is 0.832. The van der Waals surface area contributed by atoms with Gasteiger partial charge < -0.3 is 9.88 Å². The second-order valence-corrected chi connectivity index (χ2v) is 4.63. The number of nitrogens with zero attached hydrogens (tertiary/aromatic N) is 4. The molecule has 0 radical (unpaired) electrons. The fourth-order valence-corrected chi connectivity index (χ4v) is 2.01. The van der Waals surface area contributed by atoms with E-state index in [1.807, 2.05) is 6.92 Å². The van der Waals surface area contributed by atoms with Gasteiger partial charge in [0.25, 0.3) is 11.1 Å². The van der Waals surface area contributed by atoms with E-state index in [0.29, 0.717) is 6.54 Å². The van der Waals surface area contributed by atoms with E-state index in [0.717, 1.165) is 11.0 Å². The molecule has 0 spiro atoms. The lowest BCUT2D eigenvalue weighted by molar-refractivity contribution is 0.693. The molecule has 0 amide bonds. The molecule has 0 unspecified atom stereocenters. The maximum absolute atomic E-state index is 12.2. The van der Waals surface area contributed by atoms with Crippen molar-refractivity contribution in [3.05, 3.63) is 31.2 Å². The molecule has 2 heterocycles. The van der Waals surface area contributed by atoms with Crippen LogP contribution in [0.15, 0.2) is 14.4 Å². The molecular weight excluding hydrogens is 262 g/mol. The van der Waals surface area contributed by atoms with Crippen molar-refractivity contribution in [2.75, 3.05) is 11.9 Å². The molecule has 0 saturated carbocycles. The van der Waals surface area contributed by atoms with Crippen LogP contribution < -0.4 is 22.1 Å². The van der Waals surface area contributed by atoms with E-state index in [-0.39, 0.29) is 22.5 Å². The molecule has 8 heteroatoms. The molecule has 0 aliphatic rings. The third-order valence-corrected chi connectivity index (χ3v) is 3.21. The van der Waals surface area contributed by atoms with E-state index >= 15 is 0 Å². The maximum atomic E-state index is 12.2. The molecule has 8 nitrogen and oxygen atoms in total. The number of aromatic nitrogens is 4. The molecular formula is C12H17N5O3. The Morgan fingerprint density at radius 3 is 2.25 bits per heavy atom. The molecule has 2 rings (SSSR count). The van der Waals surface area contributed by atoms with Crippen LogP contribution in [-0.2, 0) is 21.1 Å². The summed E-state index contributed by atoms with van der Waals surface area (Å²) in [4.78, 5) is 40.3. The van der Waals surface area contributed by atoms with Gasteiger partial charge in [0, 0.05) is 27.7 Å². The zero-order valence-electron chi connectivity index (χ0n) is 11.9. The van der Waals surface area contributed by atoms with Gasteiger partial charge in [-0.25, -0.2) is 9.78 Å². The van der Waals surface area contributed by atoms with Crippen LogP contribution in [0.4, 0.5) is 5.82 Å². The highest BCUT2D eigenvalue weighted by molar-refractivity contribution is 5.71. The summed E-state index contributed by atoms with van der Waals surface area (Å²) >= 11 is 0. The molecule has 0 fully saturated rings. The van der Waals surface area contributed by atoms with Crippen LogP contribution in [0.25, 0.3) is 11.2 Å². The van der Waals surface area contributed by atoms with E-state index in [1.165, 1.54) is 30.3 Å². The highest BCUT2D eigenvalue weighted by atomic mass is 16.2. The van der Waals surface area contributed by atoms with Crippen LogP contribution in [0, 0.1) is 0 Å². The summed E-state index contributed by atoms with van der Waals surface area (Å²) in [5.74, 6) is 0.144. The normalized spacial score (nSPS) is 11.0. The summed E-state index contributed by atoms with van der Waals surface area (Å²) in [7, 11) is 4.39. The minimum Gasteiger partial charge on any atom is -0.365 e. The second kappa shape index (κ2) is 4.95. The topological polar surface area (TPSA) is 90.9 Å². The van der Waals surface area contributed by atoms with Gasteiger partial charge in [0.2, 0.25) is 0 Å². The Balaban J connectivity index is 2.95. The first-order chi connectivity index (χ1) is 9.40. The van der Waals surface area contributed by atoms with E-state index in [4.69, 9.17) is 0 Å². The SMILES string of the molecule is CCCNc1nc2c(c(=O)n(C)c(=O)n2C)n(C)c1=O. The third kappa shape index (κ3) is 1.93. The van der Waals surface area contributed by atoms with Gasteiger partial charge in [-0.15, -0.1) is 0 Å². The largest absolute Gasteiger partial charge is 0.365 e. The predicted octanol–water partition coefficient (Wildman–Crippen LogP) is -0.847. The van der Waals surface area contributed by atoms with Crippen molar-refractivity contribution >= 4 is 17.0 Å². The number of rotatable bonds is 3. The zero-order valence-corrected chi connectivity index (χ0v) is 11.9. The summed E-state index contributed by atoms with van der Waals surface area (Å²) in [5.41, 5.74) is -1.09. The Kier molecular flexibility index (Phi) is 3.47. The summed E-state index contributed by atoms with van der Waals surface area (Å²) in [6, 6.07) is 0. The first-order valence-corrected chi connectivity index (χ1v) is 6.30. The molecule has 0 aliphatic heterocycles. The Labute approximate surface area is 114 Å². The van der Waals surface area contributed by atoms with Crippen LogP contribution >= 0.6 is 0 Å². The molecule has 0 atom stereocenters. The number of hydrogen-bond acceptors (Lipinski definition) is 5. The third-order valence-electron chi connectivity index (χ3n) is 3.21. The van der Waals surface area contributed by atoms with Crippen molar-refractivity contribution < 1.29 is 0 Å². The average molecular weight is 279 g/mol. The number of fused-ring (bicyclic) bond motifs is 1. The van der Waals surface area contributed by atoms with Crippen molar-refractivity contribution in [1.82, 2.24) is 18.7 Å². The van der Waals surface area contributed by atoms with Crippen molar-refractivity contribution in [3.8, 4) is 0 Å². The standard InChI is InChI=1S/C12H17N5O3/c1-5-6-13-8-11(19)15(2)7-9(14-8)16(3)12(20)17(4)10(7)18/h5-6H2,1-4H3,(H,13,14). The van der Waals surface area contributed by atoms with Gasteiger partial charge in [-0.3, -0.25) is 18.7 Å². The van der Waals surface area contributed by atoms with E-state index in [2.05, 4.69) is 10.3 Å². The van der Waals surface area contributed by atoms with Crippen LogP contribution in [0.1, 0.15) is 13.3 Å². The lowest BCUT2D eigenvalue weighted by Gasteiger charge is -2.12. The van der Waals surface area contributed by atoms with Gasteiger partial charge in [0.05, 0.1) is 0 Å². The summed E-state index contributed by atoms with van der Waals surface area (Å²) in [5, 5.41) is 2.91. The van der Waals surface area contributed by atoms with Crippen LogP contribution in [0.2, 0.25) is 0 Å². The highest BCUT2D eigenvalue weighted by Crippen LogP contribution is 2.04. The number of anilines is 1. The molecule has 0 bridgehead atoms. The quantitative estimate of drug-likeness (QED) is 0.790. The zero-order chi connectivity index (χ0) is 15.0. The lowest BCUT2D eigenvalue weighted by Crippen LogP contribution is -2.40. The van der Waals surface area contributed by atoms with Crippen molar-refractivity contribution in [2.24, 2.45) is 21.1 Å². The number of aryl methyl sites for hydroxylation is 2. The number of hydrogen-bond donors (Lipinski definition) is 1. The molecule has 0 aliphatic carbocycles. The monoisotopic (exact) mass is 279 g/mol. The average Bonchev–Trinajstić information content (AvgIpc) is 2.44. The fraction of sp³-hybridized carbons (Fsp3) is 0.500. The van der Waals surface area contributed by atoms with Crippen molar-refractivity contribution in [1.29, 1.82) is 0 Å². The first-order valence-electron chi connectivity index (χ1n) is 6.30. The number of nitrogens with one attached hydrogen (secondary N) is 1. The van der Waals surface area contributed by atoms with Crippen LogP contribution in [0.5, 0.6) is 0 Å². The fourth-order valence-electron chi connectivity index (χ4n) is 2.01. The smallest absolute Gasteiger partial charge is 0.332 e. The molecule has 2 aromatic rings. The van der Waals surface area contributed by atoms with Gasteiger partial charge in [-0.1, -0.05) is 6.92 Å². The second-order valence-electron chi connectivity index (χ2n) is 4.63. The minimum absolute atomic E-state index is 0.113. The summed E-state index contributed by atoms with van der Waals surface area (Å²) in [6.45, 7) is 2.55. The lowest BCUT2D eigenvalue weighted by atomic mass is 10.4. The van der Waals surface area contributed by atoms with E-state index in [9.17, 15) is 14.4 Å². The molecule has 0 aromatic carbocycles. The van der Waals surface area contributed by atoms with Crippen LogP contribution in [0.3, 0.4) is 0 Å². The van der Waals surface area contributed by atoms with Gasteiger partial charge in [0.15, 0.2) is 17.0 Å². The van der Waals surface area contributed by atoms with Gasteiger partial charge >= 0.3 is 5.69 Å². The molecule has 0 saturated heterocycles. The maximum Gasteiger partial charge on any atom is 0.332 e. The minimum atomic E-state index is -0.530. The first kappa shape index (κ1) is 14.0. The highest BCUT2D eigenvalue weighted by Gasteiger charge is 2.16.